The molecule has 1 aromatic heterocycles. The Labute approximate surface area is 236 Å². The van der Waals surface area contributed by atoms with Crippen molar-refractivity contribution in [2.45, 2.75) is 37.2 Å². The van der Waals surface area contributed by atoms with E-state index in [0.29, 0.717) is 0 Å². The van der Waals surface area contributed by atoms with Crippen LogP contribution in [0.25, 0.3) is 0 Å². The lowest BCUT2D eigenvalue weighted by Gasteiger charge is -2.41. The summed E-state index contributed by atoms with van der Waals surface area (Å²) >= 11 is 7.63. The van der Waals surface area contributed by atoms with E-state index in [1.165, 1.54) is 38.0 Å². The molecule has 2 aliphatic heterocycles. The zero-order valence-electron chi connectivity index (χ0n) is 21.6. The molecular formula is C27H29ClN4O5S2. The molecule has 0 aliphatic carbocycles. The Balaban J connectivity index is 1.31. The maximum Gasteiger partial charge on any atom is 0.289 e. The predicted octanol–water partition coefficient (Wildman–Crippen LogP) is 4.49. The number of nitro groups is 1. The third-order valence-corrected chi connectivity index (χ3v) is 10.9. The molecule has 206 valence electrons. The van der Waals surface area contributed by atoms with Gasteiger partial charge < -0.3 is 4.90 Å². The number of benzene rings is 2. The summed E-state index contributed by atoms with van der Waals surface area (Å²) in [5.41, 5.74) is 3.15. The minimum Gasteiger partial charge on any atom is -0.339 e. The van der Waals surface area contributed by atoms with Crippen molar-refractivity contribution >= 4 is 44.6 Å². The van der Waals surface area contributed by atoms with E-state index in [9.17, 15) is 23.3 Å². The minimum atomic E-state index is -4.01. The van der Waals surface area contributed by atoms with Crippen LogP contribution in [-0.2, 0) is 21.2 Å². The second-order valence-electron chi connectivity index (χ2n) is 9.95. The molecular weight excluding hydrogens is 560 g/mol. The maximum absolute atomic E-state index is 13.5. The summed E-state index contributed by atoms with van der Waals surface area (Å²) in [5.74, 6) is -0.0432. The van der Waals surface area contributed by atoms with Crippen LogP contribution in [0.5, 0.6) is 0 Å². The fraction of sp³-hybridized carbons (Fsp3) is 0.370. The van der Waals surface area contributed by atoms with Crippen molar-refractivity contribution < 1.29 is 18.1 Å². The normalized spacial score (nSPS) is 20.5. The molecule has 2 atom stereocenters. The lowest BCUT2D eigenvalue weighted by molar-refractivity contribution is -0.384. The molecule has 39 heavy (non-hydrogen) atoms. The smallest absolute Gasteiger partial charge is 0.289 e. The topological polar surface area (TPSA) is 104 Å². The fourth-order valence-electron chi connectivity index (χ4n) is 5.52. The van der Waals surface area contributed by atoms with Crippen LogP contribution in [0.15, 0.2) is 58.8 Å². The van der Waals surface area contributed by atoms with Crippen LogP contribution in [0, 0.1) is 17.0 Å². The molecule has 1 saturated heterocycles. The minimum absolute atomic E-state index is 0.00932. The molecule has 0 N–H and O–H groups in total. The number of nitrogens with zero attached hydrogens (tertiary/aromatic N) is 4. The number of carbonyl (C=O) groups is 1. The van der Waals surface area contributed by atoms with Gasteiger partial charge in [-0.3, -0.25) is 19.8 Å². The van der Waals surface area contributed by atoms with Gasteiger partial charge in [-0.15, -0.1) is 11.3 Å². The van der Waals surface area contributed by atoms with Crippen LogP contribution in [-0.4, -0.2) is 72.1 Å². The van der Waals surface area contributed by atoms with E-state index in [-0.39, 0.29) is 48.0 Å². The Morgan fingerprint density at radius 1 is 1.13 bits per heavy atom. The molecule has 1 amide bonds. The van der Waals surface area contributed by atoms with Crippen LogP contribution in [0.2, 0.25) is 5.02 Å². The highest BCUT2D eigenvalue weighted by molar-refractivity contribution is 7.89. The SMILES string of the molecule is Cc1ccccc1[C@H]1c2ccsc2CCN1CC(=O)N1CCN(S(=O)(=O)c2ccc(Cl)c([N+](=O)[O-])c2)[C@@H](C)C1. The number of nitro benzene ring substituents is 1. The van der Waals surface area contributed by atoms with E-state index in [4.69, 9.17) is 11.6 Å². The van der Waals surface area contributed by atoms with Crippen LogP contribution in [0.3, 0.4) is 0 Å². The molecule has 0 radical (unpaired) electrons. The first-order chi connectivity index (χ1) is 18.6. The van der Waals surface area contributed by atoms with Crippen LogP contribution < -0.4 is 0 Å². The van der Waals surface area contributed by atoms with Crippen molar-refractivity contribution in [1.29, 1.82) is 0 Å². The largest absolute Gasteiger partial charge is 0.339 e. The Hall–Kier alpha value is -2.83. The van der Waals surface area contributed by atoms with E-state index >= 15 is 0 Å². The molecule has 2 aliphatic rings. The second-order valence-corrected chi connectivity index (χ2v) is 13.3. The Kier molecular flexibility index (Phi) is 7.80. The highest BCUT2D eigenvalue weighted by Gasteiger charge is 2.38. The number of hydrogen-bond donors (Lipinski definition) is 0. The van der Waals surface area contributed by atoms with Crippen molar-refractivity contribution in [1.82, 2.24) is 14.1 Å². The molecule has 3 heterocycles. The van der Waals surface area contributed by atoms with Gasteiger partial charge in [-0.2, -0.15) is 4.31 Å². The van der Waals surface area contributed by atoms with Crippen molar-refractivity contribution in [3.8, 4) is 0 Å². The molecule has 0 bridgehead atoms. The van der Waals surface area contributed by atoms with Gasteiger partial charge in [-0.1, -0.05) is 35.9 Å². The van der Waals surface area contributed by atoms with Gasteiger partial charge in [-0.05, 0) is 60.5 Å². The van der Waals surface area contributed by atoms with Crippen molar-refractivity contribution in [3.63, 3.8) is 0 Å². The number of halogens is 1. The molecule has 3 aromatic rings. The number of aryl methyl sites for hydroxylation is 1. The zero-order valence-corrected chi connectivity index (χ0v) is 24.0. The zero-order chi connectivity index (χ0) is 27.9. The molecule has 2 aromatic carbocycles. The third kappa shape index (κ3) is 5.33. The van der Waals surface area contributed by atoms with Gasteiger partial charge in [0.05, 0.1) is 22.4 Å². The van der Waals surface area contributed by atoms with Gasteiger partial charge in [0.1, 0.15) is 5.02 Å². The monoisotopic (exact) mass is 588 g/mol. The van der Waals surface area contributed by atoms with Gasteiger partial charge in [-0.25, -0.2) is 8.42 Å². The third-order valence-electron chi connectivity index (χ3n) is 7.53. The lowest BCUT2D eigenvalue weighted by Crippen LogP contribution is -2.57. The van der Waals surface area contributed by atoms with E-state index in [0.717, 1.165) is 19.0 Å². The highest BCUT2D eigenvalue weighted by atomic mass is 35.5. The Bertz CT molecular complexity index is 1530. The lowest BCUT2D eigenvalue weighted by atomic mass is 9.90. The van der Waals surface area contributed by atoms with Gasteiger partial charge in [0.25, 0.3) is 5.69 Å². The number of thiophene rings is 1. The fourth-order valence-corrected chi connectivity index (χ4v) is 8.25. The van der Waals surface area contributed by atoms with Crippen LogP contribution in [0.4, 0.5) is 5.69 Å². The second kappa shape index (κ2) is 11.0. The summed E-state index contributed by atoms with van der Waals surface area (Å²) in [7, 11) is -4.01. The average molecular weight is 589 g/mol. The summed E-state index contributed by atoms with van der Waals surface area (Å²) in [5, 5.41) is 13.3. The summed E-state index contributed by atoms with van der Waals surface area (Å²) in [6.07, 6.45) is 0.887. The van der Waals surface area contributed by atoms with Crippen molar-refractivity contribution in [3.05, 3.63) is 90.6 Å². The molecule has 1 fully saturated rings. The maximum atomic E-state index is 13.5. The first-order valence-corrected chi connectivity index (χ1v) is 15.4. The molecule has 0 saturated carbocycles. The first-order valence-electron chi connectivity index (χ1n) is 12.7. The quantitative estimate of drug-likeness (QED) is 0.310. The van der Waals surface area contributed by atoms with Gasteiger partial charge >= 0.3 is 0 Å². The molecule has 12 heteroatoms. The number of carbonyl (C=O) groups excluding carboxylic acids is 1. The van der Waals surface area contributed by atoms with Crippen LogP contribution in [0.1, 0.15) is 34.5 Å². The van der Waals surface area contributed by atoms with Crippen molar-refractivity contribution in [2.24, 2.45) is 0 Å². The average Bonchev–Trinajstić information content (AvgIpc) is 3.38. The van der Waals surface area contributed by atoms with Crippen molar-refractivity contribution in [2.75, 3.05) is 32.7 Å². The van der Waals surface area contributed by atoms with E-state index in [1.807, 2.05) is 12.1 Å². The molecule has 5 rings (SSSR count). The molecule has 0 unspecified atom stereocenters. The van der Waals surface area contributed by atoms with Gasteiger partial charge in [0, 0.05) is 43.2 Å². The van der Waals surface area contributed by atoms with E-state index in [1.54, 1.807) is 23.2 Å². The highest BCUT2D eigenvalue weighted by Crippen LogP contribution is 2.39. The number of rotatable bonds is 6. The summed E-state index contributed by atoms with van der Waals surface area (Å²) in [6.45, 7) is 5.41. The number of sulfonamides is 1. The number of amides is 1. The number of fused-ring (bicyclic) bond motifs is 1. The number of hydrogen-bond acceptors (Lipinski definition) is 7. The standard InChI is InChI=1S/C27H29ClN4O5S2/c1-18-5-3-4-6-21(18)27-22-10-14-38-25(22)9-11-30(27)17-26(33)29-12-13-31(19(2)16-29)39(36,37)20-7-8-23(28)24(15-20)32(34)35/h3-8,10,14-15,19,27H,9,11-13,16-17H2,1-2H3/t19-,27-/m0/s1. The Morgan fingerprint density at radius 3 is 2.62 bits per heavy atom. The summed E-state index contributed by atoms with van der Waals surface area (Å²) < 4.78 is 28.0. The predicted molar refractivity (Wildman–Crippen MR) is 151 cm³/mol. The van der Waals surface area contributed by atoms with E-state index in [2.05, 4.69) is 35.4 Å². The number of piperazine rings is 1. The molecule has 0 spiro atoms. The molecule has 9 nitrogen and oxygen atoms in total. The summed E-state index contributed by atoms with van der Waals surface area (Å²) in [4.78, 5) is 29.2. The van der Waals surface area contributed by atoms with E-state index < -0.39 is 26.7 Å². The van der Waals surface area contributed by atoms with Crippen LogP contribution >= 0.6 is 22.9 Å². The van der Waals surface area contributed by atoms with Gasteiger partial charge in [0.15, 0.2) is 0 Å². The van der Waals surface area contributed by atoms with Gasteiger partial charge in [0.2, 0.25) is 15.9 Å². The first kappa shape index (κ1) is 27.7. The summed E-state index contributed by atoms with van der Waals surface area (Å²) in [6, 6.07) is 13.4. The Morgan fingerprint density at radius 2 is 1.90 bits per heavy atom.